The summed E-state index contributed by atoms with van der Waals surface area (Å²) in [7, 11) is 0. The Labute approximate surface area is 193 Å². The fraction of sp³-hybridized carbons (Fsp3) is 0.762. The van der Waals surface area contributed by atoms with Crippen molar-refractivity contribution < 1.29 is 34.2 Å². The molecule has 0 aliphatic carbocycles. The molecule has 0 saturated carbocycles. The largest absolute Gasteiger partial charge is 0.480 e. The van der Waals surface area contributed by atoms with Crippen LogP contribution in [0.3, 0.4) is 0 Å². The van der Waals surface area contributed by atoms with Gasteiger partial charge in [0.15, 0.2) is 0 Å². The van der Waals surface area contributed by atoms with E-state index < -0.39 is 60.0 Å². The van der Waals surface area contributed by atoms with Gasteiger partial charge in [-0.1, -0.05) is 20.3 Å². The quantitative estimate of drug-likeness (QED) is 0.206. The highest BCUT2D eigenvalue weighted by molar-refractivity contribution is 5.95. The summed E-state index contributed by atoms with van der Waals surface area (Å²) in [6, 6.07) is -5.20. The third-order valence-corrected chi connectivity index (χ3v) is 5.81. The Morgan fingerprint density at radius 3 is 2.06 bits per heavy atom. The number of rotatable bonds is 11. The van der Waals surface area contributed by atoms with Gasteiger partial charge in [-0.2, -0.15) is 0 Å². The maximum atomic E-state index is 13.0. The summed E-state index contributed by atoms with van der Waals surface area (Å²) in [6.07, 6.45) is 0.262. The Morgan fingerprint density at radius 1 is 1.00 bits per heavy atom. The monoisotopic (exact) mass is 471 g/mol. The minimum atomic E-state index is -1.43. The maximum absolute atomic E-state index is 13.0. The van der Waals surface area contributed by atoms with Crippen LogP contribution in [0.1, 0.15) is 53.9 Å². The minimum Gasteiger partial charge on any atom is -0.480 e. The Kier molecular flexibility index (Phi) is 10.7. The second-order valence-electron chi connectivity index (χ2n) is 8.65. The zero-order valence-electron chi connectivity index (χ0n) is 19.8. The van der Waals surface area contributed by atoms with Crippen LogP contribution in [0.2, 0.25) is 0 Å². The lowest BCUT2D eigenvalue weighted by Crippen LogP contribution is -2.61. The first-order chi connectivity index (χ1) is 15.3. The van der Waals surface area contributed by atoms with Crippen LogP contribution < -0.4 is 21.7 Å². The van der Waals surface area contributed by atoms with Crippen LogP contribution in [0.25, 0.3) is 0 Å². The van der Waals surface area contributed by atoms with Crippen molar-refractivity contribution in [1.82, 2.24) is 20.9 Å². The van der Waals surface area contributed by atoms with Gasteiger partial charge in [-0.3, -0.25) is 24.0 Å². The summed E-state index contributed by atoms with van der Waals surface area (Å²) >= 11 is 0. The second kappa shape index (κ2) is 12.5. The van der Waals surface area contributed by atoms with Gasteiger partial charge in [0.25, 0.3) is 0 Å². The molecular weight excluding hydrogens is 434 g/mol. The van der Waals surface area contributed by atoms with Crippen LogP contribution in [0.15, 0.2) is 0 Å². The Balaban J connectivity index is 2.99. The summed E-state index contributed by atoms with van der Waals surface area (Å²) in [4.78, 5) is 63.2. The molecular formula is C21H37N5O7. The molecule has 7 atom stereocenters. The molecule has 1 aliphatic rings. The van der Waals surface area contributed by atoms with Crippen LogP contribution in [-0.4, -0.2) is 87.6 Å². The molecule has 1 saturated heterocycles. The number of aliphatic carboxylic acids is 1. The molecule has 1 rings (SSSR count). The van der Waals surface area contributed by atoms with Crippen LogP contribution in [-0.2, 0) is 24.0 Å². The number of carboxylic acids is 1. The first-order valence-electron chi connectivity index (χ1n) is 11.2. The van der Waals surface area contributed by atoms with Gasteiger partial charge in [-0.05, 0) is 39.5 Å². The van der Waals surface area contributed by atoms with Crippen molar-refractivity contribution in [2.75, 3.05) is 6.54 Å². The lowest BCUT2D eigenvalue weighted by atomic mass is 9.97. The Hall–Kier alpha value is -2.73. The van der Waals surface area contributed by atoms with Crippen LogP contribution in [0.4, 0.5) is 0 Å². The van der Waals surface area contributed by atoms with Crippen molar-refractivity contribution in [2.24, 2.45) is 11.7 Å². The highest BCUT2D eigenvalue weighted by Gasteiger charge is 2.38. The van der Waals surface area contributed by atoms with E-state index in [1.54, 1.807) is 6.92 Å². The number of carbonyl (C=O) groups excluding carboxylic acids is 4. The first kappa shape index (κ1) is 28.3. The van der Waals surface area contributed by atoms with E-state index in [1.807, 2.05) is 6.92 Å². The van der Waals surface area contributed by atoms with Gasteiger partial charge in [0, 0.05) is 6.54 Å². The van der Waals surface area contributed by atoms with Crippen LogP contribution in [0.5, 0.6) is 0 Å². The van der Waals surface area contributed by atoms with E-state index in [4.69, 9.17) is 10.8 Å². The van der Waals surface area contributed by atoms with E-state index >= 15 is 0 Å². The molecule has 0 radical (unpaired) electrons. The van der Waals surface area contributed by atoms with Crippen molar-refractivity contribution in [1.29, 1.82) is 0 Å². The SMILES string of the molecule is CCC(C)C(NC(=O)C1CCCN1C(=O)C(C)N)C(=O)NC(C(=O)NC(C)C(=O)O)C(C)O. The standard InChI is InChI=1S/C21H37N5O7/c1-6-10(2)15(24-17(28)14-8-7-9-26(14)20(31)11(3)22)18(29)25-16(13(5)27)19(30)23-12(4)21(32)33/h10-16,27H,6-9,22H2,1-5H3,(H,23,30)(H,24,28)(H,25,29)(H,32,33). The van der Waals surface area contributed by atoms with Crippen LogP contribution >= 0.6 is 0 Å². The molecule has 1 heterocycles. The number of nitrogens with zero attached hydrogens (tertiary/aromatic N) is 1. The predicted octanol–water partition coefficient (Wildman–Crippen LogP) is -1.69. The summed E-state index contributed by atoms with van der Waals surface area (Å²) in [5.41, 5.74) is 5.68. The van der Waals surface area contributed by atoms with Gasteiger partial charge >= 0.3 is 5.97 Å². The number of carboxylic acid groups (broad SMARTS) is 1. The summed E-state index contributed by atoms with van der Waals surface area (Å²) < 4.78 is 0. The van der Waals surface area contributed by atoms with Gasteiger partial charge in [0.05, 0.1) is 12.1 Å². The Bertz CT molecular complexity index is 743. The zero-order chi connectivity index (χ0) is 25.5. The van der Waals surface area contributed by atoms with Crippen molar-refractivity contribution in [3.05, 3.63) is 0 Å². The molecule has 33 heavy (non-hydrogen) atoms. The Morgan fingerprint density at radius 2 is 1.58 bits per heavy atom. The number of likely N-dealkylation sites (tertiary alicyclic amines) is 1. The molecule has 188 valence electrons. The fourth-order valence-corrected chi connectivity index (χ4v) is 3.53. The molecule has 12 nitrogen and oxygen atoms in total. The summed E-state index contributed by atoms with van der Waals surface area (Å²) in [5.74, 6) is -4.03. The number of hydrogen-bond acceptors (Lipinski definition) is 7. The second-order valence-corrected chi connectivity index (χ2v) is 8.65. The number of aliphatic hydroxyl groups is 1. The topological polar surface area (TPSA) is 191 Å². The van der Waals surface area contributed by atoms with Gasteiger partial charge in [0.1, 0.15) is 24.2 Å². The smallest absolute Gasteiger partial charge is 0.325 e. The van der Waals surface area contributed by atoms with Crippen molar-refractivity contribution in [3.63, 3.8) is 0 Å². The van der Waals surface area contributed by atoms with Gasteiger partial charge in [-0.15, -0.1) is 0 Å². The van der Waals surface area contributed by atoms with E-state index in [2.05, 4.69) is 16.0 Å². The van der Waals surface area contributed by atoms with Gasteiger partial charge < -0.3 is 36.8 Å². The van der Waals surface area contributed by atoms with Gasteiger partial charge in [0.2, 0.25) is 23.6 Å². The lowest BCUT2D eigenvalue weighted by Gasteiger charge is -2.30. The predicted molar refractivity (Wildman–Crippen MR) is 119 cm³/mol. The molecule has 1 fully saturated rings. The maximum Gasteiger partial charge on any atom is 0.325 e. The minimum absolute atomic E-state index is 0.330. The molecule has 4 amide bonds. The normalized spacial score (nSPS) is 21.2. The van der Waals surface area contributed by atoms with E-state index in [9.17, 15) is 29.1 Å². The lowest BCUT2D eigenvalue weighted by molar-refractivity contribution is -0.142. The number of aliphatic hydroxyl groups excluding tert-OH is 1. The summed E-state index contributed by atoms with van der Waals surface area (Å²) in [6.45, 7) is 8.03. The highest BCUT2D eigenvalue weighted by Crippen LogP contribution is 2.19. The molecule has 0 spiro atoms. The van der Waals surface area contributed by atoms with E-state index in [-0.39, 0.29) is 11.8 Å². The van der Waals surface area contributed by atoms with Crippen LogP contribution in [0, 0.1) is 5.92 Å². The van der Waals surface area contributed by atoms with Gasteiger partial charge in [-0.25, -0.2) is 0 Å². The first-order valence-corrected chi connectivity index (χ1v) is 11.2. The molecule has 7 unspecified atom stereocenters. The number of nitrogens with one attached hydrogen (secondary N) is 3. The van der Waals surface area contributed by atoms with Crippen molar-refractivity contribution in [3.8, 4) is 0 Å². The molecule has 0 aromatic heterocycles. The number of hydrogen-bond donors (Lipinski definition) is 6. The molecule has 7 N–H and O–H groups in total. The third-order valence-electron chi connectivity index (χ3n) is 5.81. The highest BCUT2D eigenvalue weighted by atomic mass is 16.4. The molecule has 0 aromatic carbocycles. The van der Waals surface area contributed by atoms with Crippen molar-refractivity contribution in [2.45, 2.75) is 90.2 Å². The van der Waals surface area contributed by atoms with Crippen molar-refractivity contribution >= 4 is 29.6 Å². The molecule has 12 heteroatoms. The third kappa shape index (κ3) is 7.67. The number of carbonyl (C=O) groups is 5. The summed E-state index contributed by atoms with van der Waals surface area (Å²) in [5, 5.41) is 26.3. The fourth-order valence-electron chi connectivity index (χ4n) is 3.53. The zero-order valence-corrected chi connectivity index (χ0v) is 19.8. The average molecular weight is 472 g/mol. The molecule has 1 aliphatic heterocycles. The molecule has 0 aromatic rings. The van der Waals surface area contributed by atoms with E-state index in [1.165, 1.54) is 25.7 Å². The average Bonchev–Trinajstić information content (AvgIpc) is 3.23. The van der Waals surface area contributed by atoms with E-state index in [0.29, 0.717) is 25.8 Å². The molecule has 0 bridgehead atoms. The van der Waals surface area contributed by atoms with E-state index in [0.717, 1.165) is 0 Å². The number of nitrogens with two attached hydrogens (primary N) is 1. The number of amides is 4.